The molecular weight excluding hydrogens is 239 g/mol. The molecule has 6 nitrogen and oxygen atoms in total. The Bertz CT molecular complexity index is 726. The summed E-state index contributed by atoms with van der Waals surface area (Å²) < 4.78 is 17.3. The summed E-state index contributed by atoms with van der Waals surface area (Å²) in [5, 5.41) is 10.2. The number of aromatic nitrogens is 4. The first-order chi connectivity index (χ1) is 8.74. The summed E-state index contributed by atoms with van der Waals surface area (Å²) in [6.45, 7) is 0. The third-order valence-corrected chi connectivity index (χ3v) is 2.47. The molecule has 2 N–H and O–H groups in total. The zero-order chi connectivity index (χ0) is 12.5. The lowest BCUT2D eigenvalue weighted by Crippen LogP contribution is -1.95. The van der Waals surface area contributed by atoms with E-state index in [9.17, 15) is 9.18 Å². The standard InChI is InChI=1S/C11H7FN4O2/c12-7-3-1-6(2-4-7)9-8(5-13-15-9)10-14-11(17)18-16-10/h1-5H,(H,13,15)(H,14,16,17). The topological polar surface area (TPSA) is 87.6 Å². The van der Waals surface area contributed by atoms with Gasteiger partial charge in [0.2, 0.25) is 0 Å². The highest BCUT2D eigenvalue weighted by molar-refractivity contribution is 5.76. The average molecular weight is 246 g/mol. The minimum atomic E-state index is -0.642. The van der Waals surface area contributed by atoms with E-state index in [0.29, 0.717) is 11.3 Å². The van der Waals surface area contributed by atoms with Gasteiger partial charge in [0, 0.05) is 5.56 Å². The predicted octanol–water partition coefficient (Wildman–Crippen LogP) is 1.56. The molecule has 0 spiro atoms. The number of nitrogens with zero attached hydrogens (tertiary/aromatic N) is 2. The molecule has 0 aliphatic rings. The molecule has 0 aliphatic carbocycles. The minimum absolute atomic E-state index is 0.271. The Kier molecular flexibility index (Phi) is 2.30. The number of rotatable bonds is 2. The lowest BCUT2D eigenvalue weighted by atomic mass is 10.1. The zero-order valence-corrected chi connectivity index (χ0v) is 8.98. The van der Waals surface area contributed by atoms with Gasteiger partial charge in [-0.2, -0.15) is 5.10 Å². The molecule has 2 heterocycles. The van der Waals surface area contributed by atoms with E-state index in [1.165, 1.54) is 18.3 Å². The first-order valence-electron chi connectivity index (χ1n) is 5.10. The van der Waals surface area contributed by atoms with Crippen LogP contribution in [0.2, 0.25) is 0 Å². The number of H-pyrrole nitrogens is 2. The molecule has 0 radical (unpaired) electrons. The van der Waals surface area contributed by atoms with Crippen LogP contribution < -0.4 is 5.76 Å². The maximum Gasteiger partial charge on any atom is 0.439 e. The smallest absolute Gasteiger partial charge is 0.296 e. The third-order valence-electron chi connectivity index (χ3n) is 2.47. The molecule has 1 aromatic carbocycles. The summed E-state index contributed by atoms with van der Waals surface area (Å²) in [6, 6.07) is 5.88. The van der Waals surface area contributed by atoms with Crippen LogP contribution in [0.15, 0.2) is 39.8 Å². The average Bonchev–Trinajstić information content (AvgIpc) is 2.98. The van der Waals surface area contributed by atoms with Gasteiger partial charge in [-0.1, -0.05) is 5.16 Å². The maximum absolute atomic E-state index is 12.9. The van der Waals surface area contributed by atoms with Gasteiger partial charge in [0.1, 0.15) is 5.82 Å². The quantitative estimate of drug-likeness (QED) is 0.718. The van der Waals surface area contributed by atoms with Crippen LogP contribution in [-0.2, 0) is 0 Å². The van der Waals surface area contributed by atoms with Gasteiger partial charge in [0.05, 0.1) is 17.5 Å². The van der Waals surface area contributed by atoms with E-state index in [1.807, 2.05) is 0 Å². The number of benzene rings is 1. The van der Waals surface area contributed by atoms with E-state index < -0.39 is 5.76 Å². The fraction of sp³-hybridized carbons (Fsp3) is 0. The van der Waals surface area contributed by atoms with Gasteiger partial charge in [0.25, 0.3) is 0 Å². The van der Waals surface area contributed by atoms with Crippen molar-refractivity contribution in [2.24, 2.45) is 0 Å². The molecular formula is C11H7FN4O2. The molecule has 0 bridgehead atoms. The van der Waals surface area contributed by atoms with Crippen LogP contribution in [0.1, 0.15) is 0 Å². The van der Waals surface area contributed by atoms with Gasteiger partial charge in [0.15, 0.2) is 5.82 Å². The highest BCUT2D eigenvalue weighted by Crippen LogP contribution is 2.27. The van der Waals surface area contributed by atoms with Gasteiger partial charge >= 0.3 is 5.76 Å². The molecule has 0 aliphatic heterocycles. The van der Waals surface area contributed by atoms with E-state index in [2.05, 4.69) is 24.9 Å². The van der Waals surface area contributed by atoms with Crippen LogP contribution in [0.5, 0.6) is 0 Å². The molecule has 0 unspecified atom stereocenters. The van der Waals surface area contributed by atoms with Gasteiger partial charge in [-0.15, -0.1) is 0 Å². The van der Waals surface area contributed by atoms with Gasteiger partial charge in [-0.3, -0.25) is 14.6 Å². The summed E-state index contributed by atoms with van der Waals surface area (Å²) in [4.78, 5) is 13.3. The molecule has 2 aromatic heterocycles. The van der Waals surface area contributed by atoms with Gasteiger partial charge < -0.3 is 0 Å². The van der Waals surface area contributed by atoms with Gasteiger partial charge in [-0.05, 0) is 24.3 Å². The highest BCUT2D eigenvalue weighted by atomic mass is 19.1. The first kappa shape index (κ1) is 10.5. The Morgan fingerprint density at radius 1 is 1.22 bits per heavy atom. The molecule has 3 aromatic rings. The van der Waals surface area contributed by atoms with E-state index in [-0.39, 0.29) is 11.6 Å². The van der Waals surface area contributed by atoms with E-state index >= 15 is 0 Å². The molecule has 0 amide bonds. The highest BCUT2D eigenvalue weighted by Gasteiger charge is 2.13. The Labute approximate surface area is 99.5 Å². The van der Waals surface area contributed by atoms with Gasteiger partial charge in [-0.25, -0.2) is 9.18 Å². The summed E-state index contributed by atoms with van der Waals surface area (Å²) in [5.41, 5.74) is 1.93. The monoisotopic (exact) mass is 246 g/mol. The zero-order valence-electron chi connectivity index (χ0n) is 8.98. The van der Waals surface area contributed by atoms with Crippen LogP contribution in [0.4, 0.5) is 4.39 Å². The SMILES string of the molecule is O=c1[nH]c(-c2cn[nH]c2-c2ccc(F)cc2)no1. The Balaban J connectivity index is 2.12. The minimum Gasteiger partial charge on any atom is -0.296 e. The fourth-order valence-electron chi connectivity index (χ4n) is 1.65. The summed E-state index contributed by atoms with van der Waals surface area (Å²) in [6.07, 6.45) is 1.51. The van der Waals surface area contributed by atoms with Crippen LogP contribution in [0, 0.1) is 5.82 Å². The second-order valence-electron chi connectivity index (χ2n) is 3.61. The molecule has 0 atom stereocenters. The maximum atomic E-state index is 12.9. The first-order valence-corrected chi connectivity index (χ1v) is 5.10. The molecule has 18 heavy (non-hydrogen) atoms. The van der Waals surface area contributed by atoms with Crippen LogP contribution in [-0.4, -0.2) is 20.3 Å². The second kappa shape index (κ2) is 3.95. The molecule has 7 heteroatoms. The van der Waals surface area contributed by atoms with Crippen LogP contribution in [0.25, 0.3) is 22.6 Å². The Morgan fingerprint density at radius 2 is 2.00 bits per heavy atom. The van der Waals surface area contributed by atoms with Crippen molar-refractivity contribution in [3.05, 3.63) is 46.8 Å². The van der Waals surface area contributed by atoms with Crippen molar-refractivity contribution >= 4 is 0 Å². The number of nitrogens with one attached hydrogen (secondary N) is 2. The number of hydrogen-bond acceptors (Lipinski definition) is 4. The lowest BCUT2D eigenvalue weighted by Gasteiger charge is -1.99. The van der Waals surface area contributed by atoms with Crippen molar-refractivity contribution in [2.75, 3.05) is 0 Å². The van der Waals surface area contributed by atoms with E-state index in [1.54, 1.807) is 12.1 Å². The molecule has 3 rings (SSSR count). The number of halogens is 1. The lowest BCUT2D eigenvalue weighted by molar-refractivity contribution is 0.388. The molecule has 90 valence electrons. The molecule has 0 fully saturated rings. The van der Waals surface area contributed by atoms with E-state index in [0.717, 1.165) is 5.56 Å². The number of aromatic amines is 2. The van der Waals surface area contributed by atoms with Crippen molar-refractivity contribution in [1.82, 2.24) is 20.3 Å². The van der Waals surface area contributed by atoms with E-state index in [4.69, 9.17) is 0 Å². The van der Waals surface area contributed by atoms with Crippen molar-refractivity contribution in [3.63, 3.8) is 0 Å². The number of hydrogen-bond donors (Lipinski definition) is 2. The van der Waals surface area contributed by atoms with Crippen molar-refractivity contribution in [1.29, 1.82) is 0 Å². The summed E-state index contributed by atoms with van der Waals surface area (Å²) in [7, 11) is 0. The fourth-order valence-corrected chi connectivity index (χ4v) is 1.65. The predicted molar refractivity (Wildman–Crippen MR) is 60.1 cm³/mol. The summed E-state index contributed by atoms with van der Waals surface area (Å²) >= 11 is 0. The Morgan fingerprint density at radius 3 is 2.67 bits per heavy atom. The Hall–Kier alpha value is -2.70. The van der Waals surface area contributed by atoms with Crippen LogP contribution >= 0.6 is 0 Å². The van der Waals surface area contributed by atoms with Crippen LogP contribution in [0.3, 0.4) is 0 Å². The normalized spacial score (nSPS) is 10.7. The van der Waals surface area contributed by atoms with Crippen molar-refractivity contribution in [2.45, 2.75) is 0 Å². The molecule has 0 saturated heterocycles. The largest absolute Gasteiger partial charge is 0.439 e. The second-order valence-corrected chi connectivity index (χ2v) is 3.61. The molecule has 0 saturated carbocycles. The third kappa shape index (κ3) is 1.71. The van der Waals surface area contributed by atoms with Crippen molar-refractivity contribution in [3.8, 4) is 22.6 Å². The van der Waals surface area contributed by atoms with Crippen molar-refractivity contribution < 1.29 is 8.91 Å². The summed E-state index contributed by atoms with van der Waals surface area (Å²) in [5.74, 6) is -0.695.